The molecular formula is C86H161NO18. The molecule has 17 atom stereocenters. The maximum Gasteiger partial charge on any atom is 0.220 e. The summed E-state index contributed by atoms with van der Waals surface area (Å²) in [5.41, 5.74) is 0. The molecule has 618 valence electrons. The molecule has 3 saturated heterocycles. The number of rotatable bonds is 71. The Balaban J connectivity index is 1.33. The number of aliphatic hydroxyl groups is 11. The van der Waals surface area contributed by atoms with Crippen molar-refractivity contribution in [3.8, 4) is 0 Å². The number of hydrogen-bond donors (Lipinski definition) is 12. The Kier molecular flexibility index (Phi) is 61.7. The van der Waals surface area contributed by atoms with Crippen LogP contribution < -0.4 is 5.32 Å². The highest BCUT2D eigenvalue weighted by Crippen LogP contribution is 2.33. The van der Waals surface area contributed by atoms with Crippen molar-refractivity contribution in [3.63, 3.8) is 0 Å². The molecule has 1 amide bonds. The second-order valence-corrected chi connectivity index (χ2v) is 31.4. The van der Waals surface area contributed by atoms with Gasteiger partial charge in [0.05, 0.1) is 38.6 Å². The monoisotopic (exact) mass is 1500 g/mol. The van der Waals surface area contributed by atoms with Crippen molar-refractivity contribution in [1.82, 2.24) is 5.32 Å². The summed E-state index contributed by atoms with van der Waals surface area (Å²) >= 11 is 0. The Hall–Kier alpha value is -1.99. The van der Waals surface area contributed by atoms with E-state index >= 15 is 0 Å². The predicted octanol–water partition coefficient (Wildman–Crippen LogP) is 15.9. The summed E-state index contributed by atoms with van der Waals surface area (Å²) in [5.74, 6) is -0.267. The lowest BCUT2D eigenvalue weighted by molar-refractivity contribution is -0.379. The van der Waals surface area contributed by atoms with Crippen LogP contribution in [0.2, 0.25) is 0 Å². The van der Waals surface area contributed by atoms with Gasteiger partial charge >= 0.3 is 0 Å². The van der Waals surface area contributed by atoms with Crippen LogP contribution in [-0.2, 0) is 33.2 Å². The molecule has 17 unspecified atom stereocenters. The zero-order valence-corrected chi connectivity index (χ0v) is 66.5. The number of ether oxygens (including phenoxy) is 6. The van der Waals surface area contributed by atoms with Gasteiger partial charge in [-0.2, -0.15) is 0 Å². The molecule has 0 aromatic rings. The van der Waals surface area contributed by atoms with Gasteiger partial charge in [-0.15, -0.1) is 0 Å². The first-order chi connectivity index (χ1) is 51.3. The second-order valence-electron chi connectivity index (χ2n) is 31.4. The molecule has 0 spiro atoms. The Morgan fingerprint density at radius 3 is 0.971 bits per heavy atom. The van der Waals surface area contributed by atoms with Crippen LogP contribution in [0.25, 0.3) is 0 Å². The van der Waals surface area contributed by atoms with Crippen LogP contribution in [-0.4, -0.2) is 193 Å². The average Bonchev–Trinajstić information content (AvgIpc) is 0.781. The zero-order valence-electron chi connectivity index (χ0n) is 66.5. The maximum atomic E-state index is 13.5. The van der Waals surface area contributed by atoms with Gasteiger partial charge in [0.1, 0.15) is 73.2 Å². The molecule has 19 heteroatoms. The van der Waals surface area contributed by atoms with E-state index < -0.39 is 124 Å². The summed E-state index contributed by atoms with van der Waals surface area (Å²) in [7, 11) is 0. The van der Waals surface area contributed by atoms with Crippen LogP contribution >= 0.6 is 0 Å². The van der Waals surface area contributed by atoms with Gasteiger partial charge in [-0.3, -0.25) is 4.79 Å². The molecule has 3 aliphatic rings. The van der Waals surface area contributed by atoms with Crippen LogP contribution in [0.3, 0.4) is 0 Å². The Labute approximate surface area is 638 Å². The summed E-state index contributed by atoms with van der Waals surface area (Å²) in [4.78, 5) is 13.5. The molecule has 3 rings (SSSR count). The quantitative estimate of drug-likeness (QED) is 0.0199. The SMILES string of the molecule is CCCCCCC/C=C\C/C=C\CCCCCCCCCCCCCCCCCCCCCCCCCC(=O)NC(COC1OC(CO)C(OC2OC(CO)C(OC3OC(CO)C(O)C(O)C3O)C(O)C2O)C(O)C1O)C(O)/C=C/CCCCCCCCCCCCCCCCCCCCCCCCC. The van der Waals surface area contributed by atoms with Gasteiger partial charge in [0.15, 0.2) is 18.9 Å². The van der Waals surface area contributed by atoms with Gasteiger partial charge in [-0.25, -0.2) is 0 Å². The van der Waals surface area contributed by atoms with E-state index in [4.69, 9.17) is 28.4 Å². The summed E-state index contributed by atoms with van der Waals surface area (Å²) in [6.07, 6.45) is 57.2. The Bertz CT molecular complexity index is 2030. The molecule has 0 aromatic heterocycles. The van der Waals surface area contributed by atoms with Crippen molar-refractivity contribution >= 4 is 5.91 Å². The van der Waals surface area contributed by atoms with Gasteiger partial charge in [-0.05, 0) is 51.4 Å². The lowest BCUT2D eigenvalue weighted by Crippen LogP contribution is -2.66. The molecule has 3 heterocycles. The molecule has 19 nitrogen and oxygen atoms in total. The normalized spacial score (nSPS) is 25.9. The molecular weight excluding hydrogens is 1330 g/mol. The van der Waals surface area contributed by atoms with E-state index in [1.54, 1.807) is 6.08 Å². The molecule has 0 saturated carbocycles. The number of nitrogens with one attached hydrogen (secondary N) is 1. The number of carbonyl (C=O) groups is 1. The predicted molar refractivity (Wildman–Crippen MR) is 420 cm³/mol. The van der Waals surface area contributed by atoms with E-state index in [2.05, 4.69) is 43.5 Å². The number of aliphatic hydroxyl groups excluding tert-OH is 11. The lowest BCUT2D eigenvalue weighted by atomic mass is 9.96. The fourth-order valence-electron chi connectivity index (χ4n) is 14.9. The first kappa shape index (κ1) is 97.2. The minimum absolute atomic E-state index is 0.248. The average molecular weight is 1500 g/mol. The highest BCUT2D eigenvalue weighted by atomic mass is 16.8. The Morgan fingerprint density at radius 2 is 0.629 bits per heavy atom. The van der Waals surface area contributed by atoms with Crippen molar-refractivity contribution < 1.29 is 89.4 Å². The van der Waals surface area contributed by atoms with Crippen LogP contribution in [0.4, 0.5) is 0 Å². The standard InChI is InChI=1S/C86H161NO18/c1-3-5-7-9-11-13-15-17-19-21-23-25-27-29-30-31-32-33-34-35-36-37-38-40-42-44-46-48-50-52-54-56-58-60-62-64-74(92)87-69(70(91)63-61-59-57-55-53-51-49-47-45-43-41-39-28-26-24-22-20-18-16-14-12-10-8-6-4-2)68-100-84-80(98)77(95)82(72(66-89)102-84)105-86-81(99)78(96)83(73(67-90)103-86)104-85-79(97)76(94)75(93)71(65-88)101-85/h15,17,21,23,61,63,69-73,75-86,88-91,93-99H,3-14,16,18-20,22,24-60,62,64-68H2,1-2H3,(H,87,92)/b17-15-,23-21-,63-61+. The molecule has 0 bridgehead atoms. The minimum Gasteiger partial charge on any atom is -0.394 e. The number of hydrogen-bond acceptors (Lipinski definition) is 18. The van der Waals surface area contributed by atoms with Crippen LogP contribution in [0.1, 0.15) is 373 Å². The third-order valence-electron chi connectivity index (χ3n) is 21.9. The fraction of sp³-hybridized carbons (Fsp3) is 0.919. The lowest BCUT2D eigenvalue weighted by Gasteiger charge is -2.48. The van der Waals surface area contributed by atoms with E-state index in [9.17, 15) is 61.0 Å². The van der Waals surface area contributed by atoms with E-state index in [1.165, 1.54) is 295 Å². The van der Waals surface area contributed by atoms with Gasteiger partial charge in [0.25, 0.3) is 0 Å². The van der Waals surface area contributed by atoms with E-state index in [0.717, 1.165) is 51.4 Å². The van der Waals surface area contributed by atoms with Crippen molar-refractivity contribution in [2.75, 3.05) is 26.4 Å². The molecule has 0 aliphatic carbocycles. The topological polar surface area (TPSA) is 307 Å². The summed E-state index contributed by atoms with van der Waals surface area (Å²) in [6.45, 7) is 1.79. The smallest absolute Gasteiger partial charge is 0.220 e. The van der Waals surface area contributed by atoms with E-state index in [1.807, 2.05) is 6.08 Å². The van der Waals surface area contributed by atoms with Gasteiger partial charge in [-0.1, -0.05) is 352 Å². The first-order valence-electron chi connectivity index (χ1n) is 43.7. The van der Waals surface area contributed by atoms with E-state index in [0.29, 0.717) is 6.42 Å². The van der Waals surface area contributed by atoms with Crippen molar-refractivity contribution in [2.45, 2.75) is 478 Å². The molecule has 3 fully saturated rings. The van der Waals surface area contributed by atoms with Crippen LogP contribution in [0.15, 0.2) is 36.5 Å². The van der Waals surface area contributed by atoms with Gasteiger partial charge in [0, 0.05) is 6.42 Å². The minimum atomic E-state index is -1.98. The Morgan fingerprint density at radius 1 is 0.343 bits per heavy atom. The van der Waals surface area contributed by atoms with Crippen molar-refractivity contribution in [1.29, 1.82) is 0 Å². The number of unbranched alkanes of at least 4 members (excludes halogenated alkanes) is 51. The molecule has 3 aliphatic heterocycles. The zero-order chi connectivity index (χ0) is 76.0. The van der Waals surface area contributed by atoms with Gasteiger partial charge in [0.2, 0.25) is 5.91 Å². The van der Waals surface area contributed by atoms with Crippen LogP contribution in [0.5, 0.6) is 0 Å². The summed E-state index contributed by atoms with van der Waals surface area (Å²) in [6, 6.07) is -0.973. The van der Waals surface area contributed by atoms with Crippen LogP contribution in [0, 0.1) is 0 Å². The summed E-state index contributed by atoms with van der Waals surface area (Å²) < 4.78 is 34.5. The second kappa shape index (κ2) is 66.6. The molecule has 12 N–H and O–H groups in total. The van der Waals surface area contributed by atoms with Gasteiger partial charge < -0.3 is 89.9 Å². The summed E-state index contributed by atoms with van der Waals surface area (Å²) in [5, 5.41) is 121. The van der Waals surface area contributed by atoms with Crippen molar-refractivity contribution in [2.24, 2.45) is 0 Å². The third kappa shape index (κ3) is 46.0. The number of allylic oxidation sites excluding steroid dienone is 5. The highest BCUT2D eigenvalue weighted by molar-refractivity contribution is 5.76. The molecule has 105 heavy (non-hydrogen) atoms. The van der Waals surface area contributed by atoms with E-state index in [-0.39, 0.29) is 18.9 Å². The maximum absolute atomic E-state index is 13.5. The first-order valence-corrected chi connectivity index (χ1v) is 43.7. The molecule has 0 radical (unpaired) electrons. The number of carbonyl (C=O) groups excluding carboxylic acids is 1. The molecule has 0 aromatic carbocycles. The third-order valence-corrected chi connectivity index (χ3v) is 21.9. The highest BCUT2D eigenvalue weighted by Gasteiger charge is 2.54. The number of amides is 1. The van der Waals surface area contributed by atoms with Crippen molar-refractivity contribution in [3.05, 3.63) is 36.5 Å². The largest absolute Gasteiger partial charge is 0.394 e. The fourth-order valence-corrected chi connectivity index (χ4v) is 14.9.